The van der Waals surface area contributed by atoms with E-state index in [-0.39, 0.29) is 5.82 Å². The quantitative estimate of drug-likeness (QED) is 0.828. The molecule has 0 bridgehead atoms. The van der Waals surface area contributed by atoms with Crippen molar-refractivity contribution in [2.45, 2.75) is 19.9 Å². The third-order valence-electron chi connectivity index (χ3n) is 2.77. The van der Waals surface area contributed by atoms with Crippen molar-refractivity contribution in [1.29, 1.82) is 0 Å². The number of aliphatic carboxylic acids is 1. The normalized spacial score (nSPS) is 12.7. The molecule has 0 aromatic heterocycles. The zero-order valence-electron chi connectivity index (χ0n) is 10.2. The van der Waals surface area contributed by atoms with Crippen molar-refractivity contribution in [3.05, 3.63) is 35.6 Å². The molecule has 94 valence electrons. The lowest BCUT2D eigenvalue weighted by Gasteiger charge is -2.20. The molecule has 1 unspecified atom stereocenters. The van der Waals surface area contributed by atoms with E-state index < -0.39 is 11.9 Å². The molecule has 0 spiro atoms. The molecule has 1 rings (SSSR count). The van der Waals surface area contributed by atoms with E-state index in [1.54, 1.807) is 25.2 Å². The third kappa shape index (κ3) is 4.15. The van der Waals surface area contributed by atoms with E-state index in [2.05, 4.69) is 0 Å². The summed E-state index contributed by atoms with van der Waals surface area (Å²) in [5, 5.41) is 8.94. The Balaban J connectivity index is 2.58. The molecule has 0 aliphatic rings. The van der Waals surface area contributed by atoms with Crippen LogP contribution >= 0.6 is 0 Å². The Morgan fingerprint density at radius 3 is 2.65 bits per heavy atom. The van der Waals surface area contributed by atoms with E-state index in [4.69, 9.17) is 5.11 Å². The molecule has 0 saturated heterocycles. The Hall–Kier alpha value is -1.42. The fourth-order valence-corrected chi connectivity index (χ4v) is 1.74. The number of rotatable bonds is 6. The average molecular weight is 239 g/mol. The molecular weight excluding hydrogens is 221 g/mol. The van der Waals surface area contributed by atoms with Gasteiger partial charge in [-0.3, -0.25) is 4.79 Å². The number of halogens is 1. The lowest BCUT2D eigenvalue weighted by atomic mass is 10.1. The average Bonchev–Trinajstić information content (AvgIpc) is 2.28. The SMILES string of the molecule is CCC(CN(C)Cc1ccccc1F)C(=O)O. The van der Waals surface area contributed by atoms with Crippen molar-refractivity contribution in [1.82, 2.24) is 4.90 Å². The number of hydrogen-bond acceptors (Lipinski definition) is 2. The second-order valence-corrected chi connectivity index (χ2v) is 4.23. The van der Waals surface area contributed by atoms with Gasteiger partial charge in [0.15, 0.2) is 0 Å². The van der Waals surface area contributed by atoms with Crippen LogP contribution in [-0.2, 0) is 11.3 Å². The summed E-state index contributed by atoms with van der Waals surface area (Å²) in [6.07, 6.45) is 0.580. The highest BCUT2D eigenvalue weighted by Gasteiger charge is 2.17. The van der Waals surface area contributed by atoms with Gasteiger partial charge in [-0.2, -0.15) is 0 Å². The maximum Gasteiger partial charge on any atom is 0.307 e. The van der Waals surface area contributed by atoms with Crippen molar-refractivity contribution < 1.29 is 14.3 Å². The zero-order chi connectivity index (χ0) is 12.8. The van der Waals surface area contributed by atoms with Crippen LogP contribution in [-0.4, -0.2) is 29.6 Å². The van der Waals surface area contributed by atoms with Crippen molar-refractivity contribution >= 4 is 5.97 Å². The van der Waals surface area contributed by atoms with Crippen LogP contribution in [0.2, 0.25) is 0 Å². The van der Waals surface area contributed by atoms with Gasteiger partial charge in [-0.1, -0.05) is 25.1 Å². The first-order chi connectivity index (χ1) is 8.04. The summed E-state index contributed by atoms with van der Waals surface area (Å²) < 4.78 is 13.4. The van der Waals surface area contributed by atoms with Gasteiger partial charge >= 0.3 is 5.97 Å². The van der Waals surface area contributed by atoms with Gasteiger partial charge in [0, 0.05) is 18.7 Å². The van der Waals surface area contributed by atoms with Crippen LogP contribution < -0.4 is 0 Å². The van der Waals surface area contributed by atoms with Crippen molar-refractivity contribution in [3.8, 4) is 0 Å². The molecule has 1 atom stereocenters. The maximum absolute atomic E-state index is 13.4. The maximum atomic E-state index is 13.4. The predicted octanol–water partition coefficient (Wildman–Crippen LogP) is 2.37. The standard InChI is InChI=1S/C13H18FNO2/c1-3-10(13(16)17)8-15(2)9-11-6-4-5-7-12(11)14/h4-7,10H,3,8-9H2,1-2H3,(H,16,17). The first-order valence-electron chi connectivity index (χ1n) is 5.69. The van der Waals surface area contributed by atoms with Crippen molar-refractivity contribution in [3.63, 3.8) is 0 Å². The van der Waals surface area contributed by atoms with Crippen molar-refractivity contribution in [2.24, 2.45) is 5.92 Å². The Bertz CT molecular complexity index is 381. The summed E-state index contributed by atoms with van der Waals surface area (Å²) in [4.78, 5) is 12.7. The summed E-state index contributed by atoms with van der Waals surface area (Å²) in [5.74, 6) is -1.44. The second kappa shape index (κ2) is 6.35. The highest BCUT2D eigenvalue weighted by molar-refractivity contribution is 5.70. The monoisotopic (exact) mass is 239 g/mol. The Morgan fingerprint density at radius 2 is 2.12 bits per heavy atom. The number of hydrogen-bond donors (Lipinski definition) is 1. The predicted molar refractivity (Wildman–Crippen MR) is 64.2 cm³/mol. The van der Waals surface area contributed by atoms with Gasteiger partial charge in [0.1, 0.15) is 5.82 Å². The van der Waals surface area contributed by atoms with Crippen LogP contribution in [0.4, 0.5) is 4.39 Å². The van der Waals surface area contributed by atoms with E-state index in [1.807, 2.05) is 11.8 Å². The van der Waals surface area contributed by atoms with E-state index in [0.29, 0.717) is 25.1 Å². The zero-order valence-corrected chi connectivity index (χ0v) is 10.2. The number of nitrogens with zero attached hydrogens (tertiary/aromatic N) is 1. The molecule has 0 aliphatic heterocycles. The number of carboxylic acids is 1. The van der Waals surface area contributed by atoms with Gasteiger partial charge in [-0.15, -0.1) is 0 Å². The molecule has 0 fully saturated rings. The lowest BCUT2D eigenvalue weighted by molar-refractivity contribution is -0.142. The summed E-state index contributed by atoms with van der Waals surface area (Å²) in [5.41, 5.74) is 0.593. The van der Waals surface area contributed by atoms with E-state index in [0.717, 1.165) is 0 Å². The van der Waals surface area contributed by atoms with Crippen LogP contribution in [0.1, 0.15) is 18.9 Å². The van der Waals surface area contributed by atoms with Crippen LogP contribution in [0.15, 0.2) is 24.3 Å². The Labute approximate surface area is 101 Å². The van der Waals surface area contributed by atoms with Gasteiger partial charge in [-0.05, 0) is 19.5 Å². The fourth-order valence-electron chi connectivity index (χ4n) is 1.74. The molecular formula is C13H18FNO2. The summed E-state index contributed by atoms with van der Waals surface area (Å²) >= 11 is 0. The Morgan fingerprint density at radius 1 is 1.47 bits per heavy atom. The first-order valence-corrected chi connectivity index (χ1v) is 5.69. The molecule has 0 radical (unpaired) electrons. The van der Waals surface area contributed by atoms with Crippen LogP contribution in [0, 0.1) is 11.7 Å². The molecule has 0 heterocycles. The smallest absolute Gasteiger partial charge is 0.307 e. The first kappa shape index (κ1) is 13.6. The summed E-state index contributed by atoms with van der Waals surface area (Å²) in [6, 6.07) is 6.55. The lowest BCUT2D eigenvalue weighted by Crippen LogP contribution is -2.29. The van der Waals surface area contributed by atoms with Crippen LogP contribution in [0.25, 0.3) is 0 Å². The van der Waals surface area contributed by atoms with Crippen LogP contribution in [0.3, 0.4) is 0 Å². The minimum absolute atomic E-state index is 0.247. The van der Waals surface area contributed by atoms with Crippen LogP contribution in [0.5, 0.6) is 0 Å². The van der Waals surface area contributed by atoms with E-state index >= 15 is 0 Å². The van der Waals surface area contributed by atoms with Gasteiger partial charge in [0.2, 0.25) is 0 Å². The highest BCUT2D eigenvalue weighted by Crippen LogP contribution is 2.11. The summed E-state index contributed by atoms with van der Waals surface area (Å²) in [7, 11) is 1.80. The van der Waals surface area contributed by atoms with E-state index in [1.165, 1.54) is 6.07 Å². The van der Waals surface area contributed by atoms with Gasteiger partial charge in [0.05, 0.1) is 5.92 Å². The molecule has 4 heteroatoms. The fraction of sp³-hybridized carbons (Fsp3) is 0.462. The number of carbonyl (C=O) groups is 1. The van der Waals surface area contributed by atoms with Gasteiger partial charge in [-0.25, -0.2) is 4.39 Å². The molecule has 0 amide bonds. The molecule has 3 nitrogen and oxygen atoms in total. The molecule has 0 aliphatic carbocycles. The summed E-state index contributed by atoms with van der Waals surface area (Å²) in [6.45, 7) is 2.70. The molecule has 0 saturated carbocycles. The minimum Gasteiger partial charge on any atom is -0.481 e. The topological polar surface area (TPSA) is 40.5 Å². The molecule has 1 N–H and O–H groups in total. The van der Waals surface area contributed by atoms with Crippen molar-refractivity contribution in [2.75, 3.05) is 13.6 Å². The van der Waals surface area contributed by atoms with E-state index in [9.17, 15) is 9.18 Å². The third-order valence-corrected chi connectivity index (χ3v) is 2.77. The molecule has 1 aromatic carbocycles. The number of benzene rings is 1. The molecule has 17 heavy (non-hydrogen) atoms. The Kier molecular flexibility index (Phi) is 5.10. The largest absolute Gasteiger partial charge is 0.481 e. The minimum atomic E-state index is -0.798. The number of carboxylic acid groups (broad SMARTS) is 1. The highest BCUT2D eigenvalue weighted by atomic mass is 19.1. The molecule has 1 aromatic rings. The second-order valence-electron chi connectivity index (χ2n) is 4.23. The van der Waals surface area contributed by atoms with Gasteiger partial charge < -0.3 is 10.0 Å². The van der Waals surface area contributed by atoms with Gasteiger partial charge in [0.25, 0.3) is 0 Å².